The Balaban J connectivity index is 1.95. The van der Waals surface area contributed by atoms with Crippen molar-refractivity contribution < 1.29 is 19.1 Å². The van der Waals surface area contributed by atoms with Gasteiger partial charge in [-0.15, -0.1) is 0 Å². The van der Waals surface area contributed by atoms with Crippen molar-refractivity contribution in [3.8, 4) is 11.6 Å². The number of carbonyl (C=O) groups is 1. The van der Waals surface area contributed by atoms with Crippen molar-refractivity contribution in [1.29, 1.82) is 0 Å². The van der Waals surface area contributed by atoms with Crippen LogP contribution in [0.3, 0.4) is 0 Å². The fraction of sp³-hybridized carbons (Fsp3) is 0. The molecule has 0 amide bonds. The number of carbonyl (C=O) groups excluding carboxylic acids is 1. The van der Waals surface area contributed by atoms with Crippen LogP contribution in [0.25, 0.3) is 11.8 Å². The molecular weight excluding hydrogens is 316 g/mol. The lowest BCUT2D eigenvalue weighted by Crippen LogP contribution is -2.38. The van der Waals surface area contributed by atoms with Crippen molar-refractivity contribution in [3.05, 3.63) is 77.0 Å². The molecule has 5 nitrogen and oxygen atoms in total. The third kappa shape index (κ3) is 3.14. The number of halogens is 1. The second kappa shape index (κ2) is 6.46. The SMILES string of the molecule is O=C(/C=C/c1ccccc1Cl)c1c([O-])on[n+]1-c1ccccc1. The number of benzene rings is 2. The monoisotopic (exact) mass is 326 g/mol. The van der Waals surface area contributed by atoms with Crippen molar-refractivity contribution in [2.45, 2.75) is 0 Å². The molecule has 3 aromatic rings. The molecule has 0 N–H and O–H groups in total. The van der Waals surface area contributed by atoms with E-state index in [1.54, 1.807) is 54.6 Å². The fourth-order valence-electron chi connectivity index (χ4n) is 2.05. The van der Waals surface area contributed by atoms with Gasteiger partial charge >= 0.3 is 5.69 Å². The number of nitrogens with zero attached hydrogens (tertiary/aromatic N) is 2. The van der Waals surface area contributed by atoms with Gasteiger partial charge in [0.05, 0.1) is 5.27 Å². The van der Waals surface area contributed by atoms with Crippen LogP contribution in [0.2, 0.25) is 5.02 Å². The zero-order valence-corrected chi connectivity index (χ0v) is 12.6. The minimum absolute atomic E-state index is 0.167. The van der Waals surface area contributed by atoms with E-state index in [2.05, 4.69) is 9.79 Å². The van der Waals surface area contributed by atoms with Crippen LogP contribution in [0.1, 0.15) is 16.1 Å². The Morgan fingerprint density at radius 3 is 2.57 bits per heavy atom. The summed E-state index contributed by atoms with van der Waals surface area (Å²) < 4.78 is 5.81. The normalized spacial score (nSPS) is 11.0. The topological polar surface area (TPSA) is 70.0 Å². The molecule has 0 fully saturated rings. The van der Waals surface area contributed by atoms with Crippen molar-refractivity contribution in [2.24, 2.45) is 0 Å². The lowest BCUT2D eigenvalue weighted by molar-refractivity contribution is -0.672. The molecular formula is C17H11ClN2O3. The highest BCUT2D eigenvalue weighted by Crippen LogP contribution is 2.17. The Hall–Kier alpha value is -2.92. The van der Waals surface area contributed by atoms with Gasteiger partial charge in [0.15, 0.2) is 5.95 Å². The molecule has 1 aromatic heterocycles. The van der Waals surface area contributed by atoms with Gasteiger partial charge in [-0.2, -0.15) is 0 Å². The van der Waals surface area contributed by atoms with Crippen LogP contribution in [0.4, 0.5) is 0 Å². The highest BCUT2D eigenvalue weighted by molar-refractivity contribution is 6.32. The van der Waals surface area contributed by atoms with Gasteiger partial charge in [-0.1, -0.05) is 48.0 Å². The summed E-state index contributed by atoms with van der Waals surface area (Å²) >= 11 is 6.03. The molecule has 6 heteroatoms. The summed E-state index contributed by atoms with van der Waals surface area (Å²) in [5.74, 6) is -1.30. The largest absolute Gasteiger partial charge is 0.539 e. The molecule has 0 aliphatic rings. The van der Waals surface area contributed by atoms with Crippen LogP contribution in [0.5, 0.6) is 5.95 Å². The molecule has 114 valence electrons. The number of hydrogen-bond acceptors (Lipinski definition) is 4. The Labute approximate surface area is 137 Å². The Bertz CT molecular complexity index is 873. The maximum Gasteiger partial charge on any atom is 0.310 e. The lowest BCUT2D eigenvalue weighted by atomic mass is 10.1. The summed E-state index contributed by atoms with van der Waals surface area (Å²) in [5.41, 5.74) is 1.07. The van der Waals surface area contributed by atoms with Crippen molar-refractivity contribution >= 4 is 23.5 Å². The van der Waals surface area contributed by atoms with Gasteiger partial charge < -0.3 is 9.63 Å². The van der Waals surface area contributed by atoms with E-state index in [0.717, 1.165) is 0 Å². The number of para-hydroxylation sites is 1. The quantitative estimate of drug-likeness (QED) is 0.420. The van der Waals surface area contributed by atoms with Crippen LogP contribution in [0.15, 0.2) is 65.2 Å². The molecule has 0 saturated carbocycles. The van der Waals surface area contributed by atoms with Gasteiger partial charge in [-0.3, -0.25) is 4.79 Å². The van der Waals surface area contributed by atoms with E-state index in [9.17, 15) is 9.90 Å². The smallest absolute Gasteiger partial charge is 0.310 e. The van der Waals surface area contributed by atoms with Crippen LogP contribution >= 0.6 is 11.6 Å². The summed E-state index contributed by atoms with van der Waals surface area (Å²) in [5, 5.41) is 15.9. The number of hydrogen-bond donors (Lipinski definition) is 0. The molecule has 1 heterocycles. The number of aromatic nitrogens is 2. The minimum Gasteiger partial charge on any atom is -0.539 e. The van der Waals surface area contributed by atoms with E-state index in [4.69, 9.17) is 11.6 Å². The maximum atomic E-state index is 12.4. The predicted octanol–water partition coefficient (Wildman–Crippen LogP) is 2.57. The molecule has 0 unspecified atom stereocenters. The Morgan fingerprint density at radius 1 is 1.13 bits per heavy atom. The van der Waals surface area contributed by atoms with Gasteiger partial charge in [-0.05, 0) is 28.5 Å². The van der Waals surface area contributed by atoms with E-state index in [1.165, 1.54) is 10.8 Å². The Morgan fingerprint density at radius 2 is 1.83 bits per heavy atom. The number of allylic oxidation sites excluding steroid dienone is 1. The van der Waals surface area contributed by atoms with Crippen molar-refractivity contribution in [2.75, 3.05) is 0 Å². The molecule has 0 atom stereocenters. The summed E-state index contributed by atoms with van der Waals surface area (Å²) in [4.78, 5) is 12.4. The highest BCUT2D eigenvalue weighted by Gasteiger charge is 2.25. The average molecular weight is 327 g/mol. The van der Waals surface area contributed by atoms with E-state index in [-0.39, 0.29) is 5.69 Å². The Kier molecular flexibility index (Phi) is 4.21. The molecule has 0 aliphatic carbocycles. The third-order valence-electron chi connectivity index (χ3n) is 3.16. The summed E-state index contributed by atoms with van der Waals surface area (Å²) in [7, 11) is 0. The first-order valence-electron chi connectivity index (χ1n) is 6.78. The third-order valence-corrected chi connectivity index (χ3v) is 3.51. The first-order valence-corrected chi connectivity index (χ1v) is 7.16. The summed E-state index contributed by atoms with van der Waals surface area (Å²) in [6.07, 6.45) is 2.82. The van der Waals surface area contributed by atoms with Gasteiger partial charge in [0.2, 0.25) is 5.69 Å². The predicted molar refractivity (Wildman–Crippen MR) is 82.3 cm³/mol. The molecule has 23 heavy (non-hydrogen) atoms. The van der Waals surface area contributed by atoms with Crippen molar-refractivity contribution in [1.82, 2.24) is 5.27 Å². The van der Waals surface area contributed by atoms with Gasteiger partial charge in [0.1, 0.15) is 0 Å². The first-order chi connectivity index (χ1) is 11.2. The number of rotatable bonds is 4. The average Bonchev–Trinajstić information content (AvgIpc) is 2.96. The summed E-state index contributed by atoms with van der Waals surface area (Å²) in [6.45, 7) is 0. The van der Waals surface area contributed by atoms with Crippen LogP contribution in [-0.2, 0) is 0 Å². The van der Waals surface area contributed by atoms with E-state index in [1.807, 2.05) is 6.07 Å². The van der Waals surface area contributed by atoms with E-state index < -0.39 is 11.7 Å². The second-order valence-electron chi connectivity index (χ2n) is 4.68. The van der Waals surface area contributed by atoms with Crippen LogP contribution in [0, 0.1) is 0 Å². The molecule has 0 aliphatic heterocycles. The number of ketones is 1. The molecule has 0 saturated heterocycles. The van der Waals surface area contributed by atoms with Gasteiger partial charge in [-0.25, -0.2) is 0 Å². The zero-order valence-electron chi connectivity index (χ0n) is 11.8. The molecule has 3 rings (SSSR count). The van der Waals surface area contributed by atoms with Crippen molar-refractivity contribution in [3.63, 3.8) is 0 Å². The summed E-state index contributed by atoms with van der Waals surface area (Å²) in [6, 6.07) is 15.9. The van der Waals surface area contributed by atoms with Crippen LogP contribution < -0.4 is 9.79 Å². The minimum atomic E-state index is -0.789. The fourth-order valence-corrected chi connectivity index (χ4v) is 2.25. The van der Waals surface area contributed by atoms with Gasteiger partial charge in [0.25, 0.3) is 5.78 Å². The molecule has 0 bridgehead atoms. The molecule has 0 radical (unpaired) electrons. The standard InChI is InChI=1S/C17H11ClN2O3/c18-14-9-5-4-6-12(14)10-11-15(21)16-17(22)23-19-20(16)13-7-2-1-3-8-13/h1-11H/b11-10+. The molecule has 2 aromatic carbocycles. The van der Waals surface area contributed by atoms with E-state index >= 15 is 0 Å². The van der Waals surface area contributed by atoms with Gasteiger partial charge in [0, 0.05) is 17.2 Å². The second-order valence-corrected chi connectivity index (χ2v) is 5.08. The maximum absolute atomic E-state index is 12.4. The highest BCUT2D eigenvalue weighted by atomic mass is 35.5. The zero-order chi connectivity index (χ0) is 16.2. The van der Waals surface area contributed by atoms with E-state index in [0.29, 0.717) is 16.3 Å². The first kappa shape index (κ1) is 15.0. The lowest BCUT2D eigenvalue weighted by Gasteiger charge is -1.96. The molecule has 0 spiro atoms. The van der Waals surface area contributed by atoms with Crippen LogP contribution in [-0.4, -0.2) is 11.1 Å².